The Morgan fingerprint density at radius 3 is 0.725 bits per heavy atom. The Morgan fingerprint density at radius 2 is 0.478 bits per heavy atom. The maximum absolute atomic E-state index is 12.9. The van der Waals surface area contributed by atoms with Crippen molar-refractivity contribution in [3.05, 3.63) is 12.2 Å². The lowest BCUT2D eigenvalue weighted by Gasteiger charge is -2.18. The fourth-order valence-corrected chi connectivity index (χ4v) is 9.56. The fourth-order valence-electron chi connectivity index (χ4n) is 9.56. The third-order valence-corrected chi connectivity index (χ3v) is 14.3. The minimum atomic E-state index is -0.765. The molecular weight excluding hydrogens is 853 g/mol. The van der Waals surface area contributed by atoms with Crippen LogP contribution in [-0.2, 0) is 28.6 Å². The van der Waals surface area contributed by atoms with Crippen molar-refractivity contribution in [1.82, 2.24) is 0 Å². The molecule has 0 heterocycles. The Hall–Kier alpha value is -1.85. The zero-order valence-electron chi connectivity index (χ0n) is 46.9. The second-order valence-electron chi connectivity index (χ2n) is 21.3. The van der Waals surface area contributed by atoms with E-state index < -0.39 is 6.10 Å². The molecule has 0 radical (unpaired) electrons. The van der Waals surface area contributed by atoms with Crippen molar-refractivity contribution in [3.63, 3.8) is 0 Å². The summed E-state index contributed by atoms with van der Waals surface area (Å²) >= 11 is 0. The number of hydrogen-bond acceptors (Lipinski definition) is 6. The Morgan fingerprint density at radius 1 is 0.275 bits per heavy atom. The van der Waals surface area contributed by atoms with Gasteiger partial charge in [-0.1, -0.05) is 303 Å². The van der Waals surface area contributed by atoms with Crippen LogP contribution in [0.15, 0.2) is 12.2 Å². The summed E-state index contributed by atoms with van der Waals surface area (Å²) in [5.74, 6) is -0.837. The lowest BCUT2D eigenvalue weighted by atomic mass is 10.0. The molecule has 0 rings (SSSR count). The molecule has 69 heavy (non-hydrogen) atoms. The van der Waals surface area contributed by atoms with Gasteiger partial charge in [0, 0.05) is 19.3 Å². The van der Waals surface area contributed by atoms with Gasteiger partial charge in [0.15, 0.2) is 6.10 Å². The van der Waals surface area contributed by atoms with E-state index >= 15 is 0 Å². The Bertz CT molecular complexity index is 1070. The molecule has 0 fully saturated rings. The van der Waals surface area contributed by atoms with Crippen LogP contribution >= 0.6 is 0 Å². The molecule has 0 aliphatic carbocycles. The van der Waals surface area contributed by atoms with Crippen LogP contribution in [0.2, 0.25) is 0 Å². The van der Waals surface area contributed by atoms with Crippen molar-refractivity contribution in [2.24, 2.45) is 0 Å². The molecule has 0 aliphatic rings. The normalized spacial score (nSPS) is 12.0. The van der Waals surface area contributed by atoms with E-state index in [4.69, 9.17) is 14.2 Å². The molecule has 408 valence electrons. The molecule has 0 amide bonds. The quantitative estimate of drug-likeness (QED) is 0.0261. The van der Waals surface area contributed by atoms with Gasteiger partial charge >= 0.3 is 17.9 Å². The van der Waals surface area contributed by atoms with Crippen molar-refractivity contribution < 1.29 is 28.6 Å². The standard InChI is InChI=1S/C63H120O6/c1-4-7-10-13-16-19-22-25-27-29-31-33-35-38-41-44-47-50-53-56-62(65)68-59-60(58-67-61(64)55-52-49-46-43-40-37-24-21-18-15-12-9-6-3)69-63(66)57-54-51-48-45-42-39-36-34-32-30-28-26-23-20-17-14-11-8-5-2/h25,27,60H,4-24,26,28-59H2,1-3H3/b27-25-/t60-/m0/s1. The van der Waals surface area contributed by atoms with Crippen molar-refractivity contribution in [2.75, 3.05) is 13.2 Å². The average Bonchev–Trinajstić information content (AvgIpc) is 3.35. The van der Waals surface area contributed by atoms with E-state index in [0.717, 1.165) is 57.8 Å². The van der Waals surface area contributed by atoms with Gasteiger partial charge in [0.1, 0.15) is 13.2 Å². The van der Waals surface area contributed by atoms with E-state index in [9.17, 15) is 14.4 Å². The number of hydrogen-bond donors (Lipinski definition) is 0. The molecule has 6 heteroatoms. The molecule has 6 nitrogen and oxygen atoms in total. The van der Waals surface area contributed by atoms with Crippen LogP contribution in [0.5, 0.6) is 0 Å². The Kier molecular flexibility index (Phi) is 57.1. The summed E-state index contributed by atoms with van der Waals surface area (Å²) < 4.78 is 16.9. The summed E-state index contributed by atoms with van der Waals surface area (Å²) in [5, 5.41) is 0. The van der Waals surface area contributed by atoms with Crippen LogP contribution in [0, 0.1) is 0 Å². The predicted octanol–water partition coefficient (Wildman–Crippen LogP) is 20.9. The van der Waals surface area contributed by atoms with Gasteiger partial charge in [0.2, 0.25) is 0 Å². The van der Waals surface area contributed by atoms with Crippen LogP contribution in [-0.4, -0.2) is 37.2 Å². The largest absolute Gasteiger partial charge is 0.462 e. The average molecular weight is 974 g/mol. The summed E-state index contributed by atoms with van der Waals surface area (Å²) in [6.45, 7) is 6.70. The number of carbonyl (C=O) groups is 3. The van der Waals surface area contributed by atoms with Gasteiger partial charge in [-0.25, -0.2) is 0 Å². The lowest BCUT2D eigenvalue weighted by molar-refractivity contribution is -0.167. The Balaban J connectivity index is 4.28. The van der Waals surface area contributed by atoms with Gasteiger partial charge in [-0.2, -0.15) is 0 Å². The third-order valence-electron chi connectivity index (χ3n) is 14.3. The zero-order valence-corrected chi connectivity index (χ0v) is 46.9. The number of ether oxygens (including phenoxy) is 3. The maximum Gasteiger partial charge on any atom is 0.306 e. The second kappa shape index (κ2) is 58.7. The summed E-state index contributed by atoms with van der Waals surface area (Å²) in [7, 11) is 0. The van der Waals surface area contributed by atoms with E-state index in [0.29, 0.717) is 19.3 Å². The molecule has 0 aromatic heterocycles. The van der Waals surface area contributed by atoms with E-state index in [-0.39, 0.29) is 31.1 Å². The van der Waals surface area contributed by atoms with Crippen LogP contribution in [0.25, 0.3) is 0 Å². The first-order chi connectivity index (χ1) is 34.0. The minimum Gasteiger partial charge on any atom is -0.462 e. The third kappa shape index (κ3) is 56.9. The molecule has 0 aromatic rings. The molecule has 0 aromatic carbocycles. The van der Waals surface area contributed by atoms with Crippen molar-refractivity contribution in [1.29, 1.82) is 0 Å². The van der Waals surface area contributed by atoms with Crippen molar-refractivity contribution >= 4 is 17.9 Å². The van der Waals surface area contributed by atoms with E-state index in [1.807, 2.05) is 0 Å². The van der Waals surface area contributed by atoms with Gasteiger partial charge < -0.3 is 14.2 Å². The Labute approximate surface area is 431 Å². The van der Waals surface area contributed by atoms with Crippen LogP contribution in [0.1, 0.15) is 355 Å². The summed E-state index contributed by atoms with van der Waals surface area (Å²) in [6.07, 6.45) is 67.8. The highest BCUT2D eigenvalue weighted by Gasteiger charge is 2.19. The van der Waals surface area contributed by atoms with Crippen molar-refractivity contribution in [3.8, 4) is 0 Å². The van der Waals surface area contributed by atoms with Crippen LogP contribution in [0.3, 0.4) is 0 Å². The van der Waals surface area contributed by atoms with Gasteiger partial charge in [0.25, 0.3) is 0 Å². The molecule has 1 atom stereocenters. The lowest BCUT2D eigenvalue weighted by Crippen LogP contribution is -2.30. The fraction of sp³-hybridized carbons (Fsp3) is 0.921. The molecule has 0 N–H and O–H groups in total. The van der Waals surface area contributed by atoms with Crippen LogP contribution in [0.4, 0.5) is 0 Å². The molecule has 0 saturated heterocycles. The number of allylic oxidation sites excluding steroid dienone is 2. The summed E-state index contributed by atoms with van der Waals surface area (Å²) in [6, 6.07) is 0. The monoisotopic (exact) mass is 973 g/mol. The van der Waals surface area contributed by atoms with Gasteiger partial charge in [-0.05, 0) is 44.9 Å². The van der Waals surface area contributed by atoms with Gasteiger partial charge in [-0.3, -0.25) is 14.4 Å². The minimum absolute atomic E-state index is 0.0640. The molecule has 0 unspecified atom stereocenters. The zero-order chi connectivity index (χ0) is 50.0. The maximum atomic E-state index is 12.9. The molecule has 0 spiro atoms. The first-order valence-corrected chi connectivity index (χ1v) is 31.2. The first kappa shape index (κ1) is 67.1. The van der Waals surface area contributed by atoms with E-state index in [1.54, 1.807) is 0 Å². The predicted molar refractivity (Wildman–Crippen MR) is 298 cm³/mol. The van der Waals surface area contributed by atoms with E-state index in [2.05, 4.69) is 32.9 Å². The molecular formula is C63H120O6. The van der Waals surface area contributed by atoms with Crippen LogP contribution < -0.4 is 0 Å². The number of rotatable bonds is 58. The highest BCUT2D eigenvalue weighted by atomic mass is 16.6. The smallest absolute Gasteiger partial charge is 0.306 e. The van der Waals surface area contributed by atoms with E-state index in [1.165, 1.54) is 257 Å². The topological polar surface area (TPSA) is 78.9 Å². The highest BCUT2D eigenvalue weighted by Crippen LogP contribution is 2.18. The highest BCUT2D eigenvalue weighted by molar-refractivity contribution is 5.71. The first-order valence-electron chi connectivity index (χ1n) is 31.2. The summed E-state index contributed by atoms with van der Waals surface area (Å²) in [5.41, 5.74) is 0. The number of carbonyl (C=O) groups excluding carboxylic acids is 3. The second-order valence-corrected chi connectivity index (χ2v) is 21.3. The molecule has 0 saturated carbocycles. The van der Waals surface area contributed by atoms with Crippen molar-refractivity contribution in [2.45, 2.75) is 361 Å². The van der Waals surface area contributed by atoms with Gasteiger partial charge in [-0.15, -0.1) is 0 Å². The van der Waals surface area contributed by atoms with Gasteiger partial charge in [0.05, 0.1) is 0 Å². The molecule has 0 aliphatic heterocycles. The number of esters is 3. The SMILES string of the molecule is CCCCCCCC/C=C\CCCCCCCCCCCC(=O)OC[C@H](COC(=O)CCCCCCCCCCCCCCC)OC(=O)CCCCCCCCCCCCCCCCCCCCC. The molecule has 0 bridgehead atoms. The number of unbranched alkanes of at least 4 members (excludes halogenated alkanes) is 45. The summed E-state index contributed by atoms with van der Waals surface area (Å²) in [4.78, 5) is 38.2.